The van der Waals surface area contributed by atoms with E-state index < -0.39 is 6.10 Å². The van der Waals surface area contributed by atoms with E-state index in [9.17, 15) is 5.11 Å². The monoisotopic (exact) mass is 343 g/mol. The number of rotatable bonds is 7. The molecule has 0 aromatic heterocycles. The van der Waals surface area contributed by atoms with Gasteiger partial charge in [0.2, 0.25) is 0 Å². The number of nitrogens with zero attached hydrogens (tertiary/aromatic N) is 2. The number of piperazine rings is 1. The van der Waals surface area contributed by atoms with Crippen LogP contribution in [-0.4, -0.2) is 78.6 Å². The lowest BCUT2D eigenvalue weighted by atomic mass is 10.1. The molecule has 1 atom stereocenters. The van der Waals surface area contributed by atoms with Gasteiger partial charge in [-0.2, -0.15) is 0 Å². The Morgan fingerprint density at radius 3 is 2.39 bits per heavy atom. The Kier molecular flexibility index (Phi) is 8.87. The van der Waals surface area contributed by atoms with E-state index >= 15 is 0 Å². The second-order valence-corrected chi connectivity index (χ2v) is 6.10. The van der Waals surface area contributed by atoms with E-state index in [2.05, 4.69) is 22.8 Å². The van der Waals surface area contributed by atoms with Gasteiger partial charge < -0.3 is 27.4 Å². The van der Waals surface area contributed by atoms with E-state index in [1.807, 2.05) is 19.1 Å². The SMILES string of the molecule is Cc1ccc(OCC(O)CN2CCN(CCO)CC2)c(C)c1.[Cl-]. The number of β-amino-alcohol motifs (C(OH)–C–C–N with tert-alkyl or cyclic N) is 2. The molecule has 1 aromatic rings. The largest absolute Gasteiger partial charge is 1.00 e. The van der Waals surface area contributed by atoms with Gasteiger partial charge in [-0.15, -0.1) is 0 Å². The van der Waals surface area contributed by atoms with Crippen molar-refractivity contribution < 1.29 is 27.4 Å². The lowest BCUT2D eigenvalue weighted by molar-refractivity contribution is -0.00000808. The molecule has 5 nitrogen and oxygen atoms in total. The maximum atomic E-state index is 10.2. The maximum Gasteiger partial charge on any atom is 0.122 e. The Bertz CT molecular complexity index is 465. The van der Waals surface area contributed by atoms with Crippen molar-refractivity contribution in [2.75, 3.05) is 52.5 Å². The van der Waals surface area contributed by atoms with Crippen molar-refractivity contribution >= 4 is 0 Å². The molecule has 1 aliphatic heterocycles. The van der Waals surface area contributed by atoms with Gasteiger partial charge >= 0.3 is 0 Å². The van der Waals surface area contributed by atoms with E-state index in [1.165, 1.54) is 5.56 Å². The summed E-state index contributed by atoms with van der Waals surface area (Å²) in [6.07, 6.45) is -0.481. The molecule has 1 aliphatic rings. The fourth-order valence-electron chi connectivity index (χ4n) is 2.83. The average Bonchev–Trinajstić information content (AvgIpc) is 2.49. The first-order chi connectivity index (χ1) is 10.6. The lowest BCUT2D eigenvalue weighted by Gasteiger charge is -2.35. The first kappa shape index (κ1) is 20.2. The van der Waals surface area contributed by atoms with Crippen LogP contribution >= 0.6 is 0 Å². The summed E-state index contributed by atoms with van der Waals surface area (Å²) in [6, 6.07) is 6.07. The molecular weight excluding hydrogens is 316 g/mol. The van der Waals surface area contributed by atoms with Crippen LogP contribution in [0.15, 0.2) is 18.2 Å². The van der Waals surface area contributed by atoms with E-state index in [1.54, 1.807) is 0 Å². The minimum absolute atomic E-state index is 0. The molecule has 1 heterocycles. The van der Waals surface area contributed by atoms with Crippen LogP contribution in [0.5, 0.6) is 5.75 Å². The highest BCUT2D eigenvalue weighted by Gasteiger charge is 2.19. The molecule has 2 rings (SSSR count). The molecular formula is C17H28ClN2O3-. The van der Waals surface area contributed by atoms with Gasteiger partial charge in [0.1, 0.15) is 18.5 Å². The van der Waals surface area contributed by atoms with Crippen LogP contribution < -0.4 is 17.1 Å². The van der Waals surface area contributed by atoms with Crippen LogP contribution in [-0.2, 0) is 0 Å². The number of hydrogen-bond acceptors (Lipinski definition) is 5. The standard InChI is InChI=1S/C17H28N2O3.ClH/c1-14-3-4-17(15(2)11-14)22-13-16(21)12-19-7-5-18(6-8-19)9-10-20;/h3-4,11,16,20-21H,5-10,12-13H2,1-2H3;1H/p-1. The van der Waals surface area contributed by atoms with E-state index in [0.717, 1.165) is 44.0 Å². The zero-order chi connectivity index (χ0) is 15.9. The van der Waals surface area contributed by atoms with Crippen LogP contribution in [0.1, 0.15) is 11.1 Å². The molecule has 0 bridgehead atoms. The third-order valence-corrected chi connectivity index (χ3v) is 4.11. The first-order valence-corrected chi connectivity index (χ1v) is 8.02. The zero-order valence-corrected chi connectivity index (χ0v) is 14.8. The van der Waals surface area contributed by atoms with E-state index in [-0.39, 0.29) is 19.0 Å². The number of aryl methyl sites for hydroxylation is 2. The lowest BCUT2D eigenvalue weighted by Crippen LogP contribution is -3.00. The first-order valence-electron chi connectivity index (χ1n) is 8.02. The molecule has 0 radical (unpaired) electrons. The summed E-state index contributed by atoms with van der Waals surface area (Å²) in [5.74, 6) is 0.845. The van der Waals surface area contributed by atoms with Gasteiger partial charge in [-0.3, -0.25) is 9.80 Å². The van der Waals surface area contributed by atoms with Gasteiger partial charge in [0, 0.05) is 39.3 Å². The second-order valence-electron chi connectivity index (χ2n) is 6.10. The van der Waals surface area contributed by atoms with Crippen LogP contribution in [0.3, 0.4) is 0 Å². The van der Waals surface area contributed by atoms with Crippen molar-refractivity contribution in [1.82, 2.24) is 9.80 Å². The fourth-order valence-corrected chi connectivity index (χ4v) is 2.83. The molecule has 1 saturated heterocycles. The molecule has 0 spiro atoms. The summed E-state index contributed by atoms with van der Waals surface area (Å²) < 4.78 is 5.73. The van der Waals surface area contributed by atoms with Gasteiger partial charge in [-0.1, -0.05) is 17.7 Å². The van der Waals surface area contributed by atoms with Crippen molar-refractivity contribution in [3.05, 3.63) is 29.3 Å². The smallest absolute Gasteiger partial charge is 0.122 e. The molecule has 0 aliphatic carbocycles. The van der Waals surface area contributed by atoms with Crippen molar-refractivity contribution in [3.63, 3.8) is 0 Å². The summed E-state index contributed by atoms with van der Waals surface area (Å²) in [6.45, 7) is 9.76. The Morgan fingerprint density at radius 2 is 1.78 bits per heavy atom. The highest BCUT2D eigenvalue weighted by molar-refractivity contribution is 5.35. The topological polar surface area (TPSA) is 56.2 Å². The van der Waals surface area contributed by atoms with Crippen molar-refractivity contribution in [2.24, 2.45) is 0 Å². The maximum absolute atomic E-state index is 10.2. The minimum atomic E-state index is -0.481. The summed E-state index contributed by atoms with van der Waals surface area (Å²) in [4.78, 5) is 4.50. The molecule has 1 unspecified atom stereocenters. The van der Waals surface area contributed by atoms with Crippen LogP contribution in [0.4, 0.5) is 0 Å². The summed E-state index contributed by atoms with van der Waals surface area (Å²) in [5, 5.41) is 19.1. The Labute approximate surface area is 145 Å². The number of ether oxygens (including phenoxy) is 1. The summed E-state index contributed by atoms with van der Waals surface area (Å²) >= 11 is 0. The Morgan fingerprint density at radius 1 is 1.13 bits per heavy atom. The molecule has 23 heavy (non-hydrogen) atoms. The van der Waals surface area contributed by atoms with E-state index in [4.69, 9.17) is 9.84 Å². The number of aliphatic hydroxyl groups excluding tert-OH is 2. The van der Waals surface area contributed by atoms with Gasteiger partial charge in [0.25, 0.3) is 0 Å². The molecule has 6 heteroatoms. The normalized spacial score (nSPS) is 17.6. The highest BCUT2D eigenvalue weighted by atomic mass is 35.5. The Hall–Kier alpha value is -0.850. The molecule has 0 amide bonds. The summed E-state index contributed by atoms with van der Waals surface area (Å²) in [5.41, 5.74) is 2.32. The van der Waals surface area contributed by atoms with Gasteiger partial charge in [0.15, 0.2) is 0 Å². The van der Waals surface area contributed by atoms with Crippen LogP contribution in [0.2, 0.25) is 0 Å². The third kappa shape index (κ3) is 6.65. The molecule has 2 N–H and O–H groups in total. The van der Waals surface area contributed by atoms with E-state index in [0.29, 0.717) is 13.2 Å². The average molecular weight is 344 g/mol. The number of hydrogen-bond donors (Lipinski definition) is 2. The van der Waals surface area contributed by atoms with Gasteiger partial charge in [0.05, 0.1) is 6.61 Å². The van der Waals surface area contributed by atoms with Gasteiger partial charge in [-0.05, 0) is 25.5 Å². The van der Waals surface area contributed by atoms with Gasteiger partial charge in [-0.25, -0.2) is 0 Å². The van der Waals surface area contributed by atoms with Crippen molar-refractivity contribution in [2.45, 2.75) is 20.0 Å². The van der Waals surface area contributed by atoms with Crippen LogP contribution in [0, 0.1) is 13.8 Å². The third-order valence-electron chi connectivity index (χ3n) is 4.11. The fraction of sp³-hybridized carbons (Fsp3) is 0.647. The molecule has 132 valence electrons. The number of aliphatic hydroxyl groups is 2. The predicted molar refractivity (Wildman–Crippen MR) is 87.4 cm³/mol. The zero-order valence-electron chi connectivity index (χ0n) is 14.0. The van der Waals surface area contributed by atoms with Crippen molar-refractivity contribution in [3.8, 4) is 5.75 Å². The quantitative estimate of drug-likeness (QED) is 0.581. The molecule has 1 aromatic carbocycles. The highest BCUT2D eigenvalue weighted by Crippen LogP contribution is 2.18. The van der Waals surface area contributed by atoms with Crippen molar-refractivity contribution in [1.29, 1.82) is 0 Å². The summed E-state index contributed by atoms with van der Waals surface area (Å²) in [7, 11) is 0. The number of halogens is 1. The second kappa shape index (κ2) is 10.1. The molecule has 0 saturated carbocycles. The van der Waals surface area contributed by atoms with Crippen LogP contribution in [0.25, 0.3) is 0 Å². The number of benzene rings is 1. The molecule has 1 fully saturated rings. The minimum Gasteiger partial charge on any atom is -1.00 e. The predicted octanol–water partition coefficient (Wildman–Crippen LogP) is -2.34. The Balaban J connectivity index is 0.00000264.